The summed E-state index contributed by atoms with van der Waals surface area (Å²) in [5, 5.41) is 10.4. The molecule has 0 spiro atoms. The number of aromatic nitrogens is 1. The van der Waals surface area contributed by atoms with Gasteiger partial charge in [0.1, 0.15) is 6.73 Å². The standard InChI is InChI=1S/C9H9F3N2O2/c10-9(11,12)7-1-2-13-4-6(7)3-8(16)14-5-15/h1-2,4,15H,3,5H2,(H,14,16). The summed E-state index contributed by atoms with van der Waals surface area (Å²) in [7, 11) is 0. The van der Waals surface area contributed by atoms with Crippen molar-refractivity contribution in [2.24, 2.45) is 0 Å². The lowest BCUT2D eigenvalue weighted by molar-refractivity contribution is -0.138. The molecule has 16 heavy (non-hydrogen) atoms. The number of hydrogen-bond acceptors (Lipinski definition) is 3. The average Bonchev–Trinajstić information content (AvgIpc) is 2.17. The van der Waals surface area contributed by atoms with Crippen LogP contribution in [0.1, 0.15) is 11.1 Å². The predicted octanol–water partition coefficient (Wildman–Crippen LogP) is 0.709. The Balaban J connectivity index is 2.92. The molecule has 0 aromatic carbocycles. The number of alkyl halides is 3. The van der Waals surface area contributed by atoms with Crippen molar-refractivity contribution in [2.45, 2.75) is 12.6 Å². The van der Waals surface area contributed by atoms with E-state index in [1.165, 1.54) is 0 Å². The van der Waals surface area contributed by atoms with Gasteiger partial charge in [-0.15, -0.1) is 0 Å². The topological polar surface area (TPSA) is 62.2 Å². The van der Waals surface area contributed by atoms with Crippen LogP contribution >= 0.6 is 0 Å². The Hall–Kier alpha value is -1.63. The molecule has 0 fully saturated rings. The Kier molecular flexibility index (Phi) is 3.83. The van der Waals surface area contributed by atoms with Gasteiger partial charge in [0.2, 0.25) is 5.91 Å². The van der Waals surface area contributed by atoms with E-state index in [1.807, 2.05) is 5.32 Å². The van der Waals surface area contributed by atoms with Crippen LogP contribution in [0.4, 0.5) is 13.2 Å². The molecule has 0 bridgehead atoms. The number of hydrogen-bond donors (Lipinski definition) is 2. The number of carbonyl (C=O) groups excluding carboxylic acids is 1. The van der Waals surface area contributed by atoms with Crippen molar-refractivity contribution < 1.29 is 23.1 Å². The highest BCUT2D eigenvalue weighted by Crippen LogP contribution is 2.31. The highest BCUT2D eigenvalue weighted by atomic mass is 19.4. The molecular weight excluding hydrogens is 225 g/mol. The molecule has 88 valence electrons. The molecule has 4 nitrogen and oxygen atoms in total. The van der Waals surface area contributed by atoms with Crippen LogP contribution in [-0.2, 0) is 17.4 Å². The molecule has 0 aliphatic rings. The zero-order valence-corrected chi connectivity index (χ0v) is 8.08. The number of pyridine rings is 1. The molecule has 0 atom stereocenters. The minimum absolute atomic E-state index is 0.221. The van der Waals surface area contributed by atoms with Crippen LogP contribution in [0.2, 0.25) is 0 Å². The SMILES string of the molecule is O=C(Cc1cnccc1C(F)(F)F)NCO. The van der Waals surface area contributed by atoms with E-state index in [0.29, 0.717) is 0 Å². The molecule has 1 aromatic rings. The molecule has 1 amide bonds. The lowest BCUT2D eigenvalue weighted by Gasteiger charge is -2.11. The van der Waals surface area contributed by atoms with Crippen molar-refractivity contribution in [3.63, 3.8) is 0 Å². The van der Waals surface area contributed by atoms with Crippen molar-refractivity contribution in [3.8, 4) is 0 Å². The predicted molar refractivity (Wildman–Crippen MR) is 48.2 cm³/mol. The van der Waals surface area contributed by atoms with Crippen molar-refractivity contribution in [1.82, 2.24) is 10.3 Å². The maximum atomic E-state index is 12.5. The Labute approximate surface area is 89.1 Å². The number of nitrogens with one attached hydrogen (secondary N) is 1. The van der Waals surface area contributed by atoms with Crippen LogP contribution in [0, 0.1) is 0 Å². The van der Waals surface area contributed by atoms with Crippen LogP contribution in [0.5, 0.6) is 0 Å². The van der Waals surface area contributed by atoms with Crippen molar-refractivity contribution >= 4 is 5.91 Å². The first-order chi connectivity index (χ1) is 7.45. The van der Waals surface area contributed by atoms with Crippen molar-refractivity contribution in [3.05, 3.63) is 29.6 Å². The normalized spacial score (nSPS) is 11.2. The minimum Gasteiger partial charge on any atom is -0.377 e. The first-order valence-electron chi connectivity index (χ1n) is 4.33. The van der Waals surface area contributed by atoms with E-state index in [4.69, 9.17) is 5.11 Å². The van der Waals surface area contributed by atoms with E-state index in [2.05, 4.69) is 4.98 Å². The summed E-state index contributed by atoms with van der Waals surface area (Å²) < 4.78 is 37.4. The van der Waals surface area contributed by atoms with E-state index in [0.717, 1.165) is 18.5 Å². The second-order valence-electron chi connectivity index (χ2n) is 2.97. The van der Waals surface area contributed by atoms with Gasteiger partial charge in [0, 0.05) is 12.4 Å². The fourth-order valence-corrected chi connectivity index (χ4v) is 1.17. The van der Waals surface area contributed by atoms with Crippen LogP contribution in [0.25, 0.3) is 0 Å². The van der Waals surface area contributed by atoms with E-state index in [1.54, 1.807) is 0 Å². The van der Waals surface area contributed by atoms with Gasteiger partial charge in [-0.25, -0.2) is 0 Å². The molecule has 0 radical (unpaired) electrons. The molecule has 0 saturated carbocycles. The van der Waals surface area contributed by atoms with E-state index >= 15 is 0 Å². The Morgan fingerprint density at radius 2 is 2.19 bits per heavy atom. The number of rotatable bonds is 3. The summed E-state index contributed by atoms with van der Waals surface area (Å²) in [6.07, 6.45) is -2.99. The Morgan fingerprint density at radius 3 is 2.75 bits per heavy atom. The molecule has 1 heterocycles. The molecular formula is C9H9F3N2O2. The van der Waals surface area contributed by atoms with Crippen LogP contribution in [0.15, 0.2) is 18.5 Å². The number of amides is 1. The van der Waals surface area contributed by atoms with E-state index < -0.39 is 30.8 Å². The lowest BCUT2D eigenvalue weighted by atomic mass is 10.1. The fourth-order valence-electron chi connectivity index (χ4n) is 1.17. The second kappa shape index (κ2) is 4.93. The third-order valence-electron chi connectivity index (χ3n) is 1.84. The Morgan fingerprint density at radius 1 is 1.50 bits per heavy atom. The molecule has 0 aliphatic carbocycles. The highest BCUT2D eigenvalue weighted by molar-refractivity contribution is 5.78. The fraction of sp³-hybridized carbons (Fsp3) is 0.333. The van der Waals surface area contributed by atoms with Gasteiger partial charge in [0.15, 0.2) is 0 Å². The molecule has 0 unspecified atom stereocenters. The first kappa shape index (κ1) is 12.4. The third kappa shape index (κ3) is 3.20. The van der Waals surface area contributed by atoms with Gasteiger partial charge in [-0.3, -0.25) is 9.78 Å². The van der Waals surface area contributed by atoms with E-state index in [-0.39, 0.29) is 5.56 Å². The van der Waals surface area contributed by atoms with Gasteiger partial charge in [0.05, 0.1) is 12.0 Å². The maximum Gasteiger partial charge on any atom is 0.416 e. The summed E-state index contributed by atoms with van der Waals surface area (Å²) in [5.41, 5.74) is -1.11. The van der Waals surface area contributed by atoms with Crippen LogP contribution in [-0.4, -0.2) is 22.7 Å². The monoisotopic (exact) mass is 234 g/mol. The molecule has 1 aromatic heterocycles. The third-order valence-corrected chi connectivity index (χ3v) is 1.84. The van der Waals surface area contributed by atoms with Gasteiger partial charge in [-0.1, -0.05) is 0 Å². The molecule has 7 heteroatoms. The zero-order valence-electron chi connectivity index (χ0n) is 8.08. The summed E-state index contributed by atoms with van der Waals surface area (Å²) in [6, 6.07) is 0.807. The first-order valence-corrected chi connectivity index (χ1v) is 4.33. The molecule has 2 N–H and O–H groups in total. The molecule has 0 aliphatic heterocycles. The number of halogens is 3. The number of aliphatic hydroxyl groups is 1. The molecule has 0 saturated heterocycles. The Bertz CT molecular complexity index is 379. The summed E-state index contributed by atoms with van der Waals surface area (Å²) in [5.74, 6) is -0.694. The lowest BCUT2D eigenvalue weighted by Crippen LogP contribution is -2.26. The number of nitrogens with zero attached hydrogens (tertiary/aromatic N) is 1. The maximum absolute atomic E-state index is 12.5. The minimum atomic E-state index is -4.52. The molecule has 1 rings (SSSR count). The van der Waals surface area contributed by atoms with Crippen molar-refractivity contribution in [2.75, 3.05) is 6.73 Å². The van der Waals surface area contributed by atoms with Crippen LogP contribution in [0.3, 0.4) is 0 Å². The average molecular weight is 234 g/mol. The van der Waals surface area contributed by atoms with Gasteiger partial charge in [-0.2, -0.15) is 13.2 Å². The number of aliphatic hydroxyl groups excluding tert-OH is 1. The largest absolute Gasteiger partial charge is 0.416 e. The van der Waals surface area contributed by atoms with Gasteiger partial charge < -0.3 is 10.4 Å². The number of carbonyl (C=O) groups is 1. The van der Waals surface area contributed by atoms with Crippen LogP contribution < -0.4 is 5.32 Å². The second-order valence-corrected chi connectivity index (χ2v) is 2.97. The summed E-state index contributed by atoms with van der Waals surface area (Å²) >= 11 is 0. The van der Waals surface area contributed by atoms with Gasteiger partial charge in [-0.05, 0) is 11.6 Å². The highest BCUT2D eigenvalue weighted by Gasteiger charge is 2.33. The van der Waals surface area contributed by atoms with E-state index in [9.17, 15) is 18.0 Å². The van der Waals surface area contributed by atoms with Gasteiger partial charge >= 0.3 is 6.18 Å². The van der Waals surface area contributed by atoms with Crippen molar-refractivity contribution in [1.29, 1.82) is 0 Å². The zero-order chi connectivity index (χ0) is 12.2. The quantitative estimate of drug-likeness (QED) is 0.757. The smallest absolute Gasteiger partial charge is 0.377 e. The summed E-state index contributed by atoms with van der Waals surface area (Å²) in [6.45, 7) is -0.611. The van der Waals surface area contributed by atoms with Gasteiger partial charge in [0.25, 0.3) is 0 Å². The summed E-state index contributed by atoms with van der Waals surface area (Å²) in [4.78, 5) is 14.6.